The van der Waals surface area contributed by atoms with E-state index in [9.17, 15) is 8.42 Å². The fourth-order valence-corrected chi connectivity index (χ4v) is 4.69. The highest BCUT2D eigenvalue weighted by Crippen LogP contribution is 2.40. The van der Waals surface area contributed by atoms with Gasteiger partial charge in [0.1, 0.15) is 12.4 Å². The van der Waals surface area contributed by atoms with Crippen molar-refractivity contribution in [2.24, 2.45) is 0 Å². The summed E-state index contributed by atoms with van der Waals surface area (Å²) in [5.41, 5.74) is 1.53. The molecule has 0 aliphatic rings. The molecule has 6 nitrogen and oxygen atoms in total. The minimum atomic E-state index is -3.49. The molecule has 178 valence electrons. The van der Waals surface area contributed by atoms with Crippen LogP contribution in [-0.4, -0.2) is 32.1 Å². The summed E-state index contributed by atoms with van der Waals surface area (Å²) >= 11 is 18.6. The van der Waals surface area contributed by atoms with Gasteiger partial charge in [0.25, 0.3) is 0 Å². The smallest absolute Gasteiger partial charge is 0.200 e. The van der Waals surface area contributed by atoms with Gasteiger partial charge < -0.3 is 13.9 Å². The molecule has 1 heterocycles. The standard InChI is InChI=1S/C23H24Cl3NO5S/c1-23(2,16-11-18(25)21(19(26)12-16)30-10-4-9-24)15-5-7-17(8-6-15)31-13-20-22(27-14-32-20)33(3,28)29/h5-8,11-12,14H,4,9-10,13H2,1-3H3. The first-order chi connectivity index (χ1) is 15.5. The highest BCUT2D eigenvalue weighted by atomic mass is 35.5. The molecular formula is C23H24Cl3NO5S. The Labute approximate surface area is 208 Å². The molecule has 3 rings (SSSR count). The van der Waals surface area contributed by atoms with Gasteiger partial charge in [0.15, 0.2) is 32.8 Å². The van der Waals surface area contributed by atoms with E-state index in [4.69, 9.17) is 48.7 Å². The lowest BCUT2D eigenvalue weighted by molar-refractivity contribution is 0.265. The number of rotatable bonds is 10. The summed E-state index contributed by atoms with van der Waals surface area (Å²) in [6, 6.07) is 11.2. The van der Waals surface area contributed by atoms with Crippen LogP contribution in [0.1, 0.15) is 37.2 Å². The lowest BCUT2D eigenvalue weighted by Gasteiger charge is -2.27. The molecule has 1 aromatic heterocycles. The SMILES string of the molecule is CC(C)(c1ccc(OCc2ocnc2S(C)(=O)=O)cc1)c1cc(Cl)c(OCCCCl)c(Cl)c1. The molecule has 0 fully saturated rings. The molecule has 0 amide bonds. The summed E-state index contributed by atoms with van der Waals surface area (Å²) < 4.78 is 40.0. The molecule has 0 atom stereocenters. The van der Waals surface area contributed by atoms with Crippen molar-refractivity contribution in [1.82, 2.24) is 4.98 Å². The second-order valence-corrected chi connectivity index (χ2v) is 11.1. The molecule has 0 spiro atoms. The van der Waals surface area contributed by atoms with Crippen molar-refractivity contribution in [1.29, 1.82) is 0 Å². The molecule has 10 heteroatoms. The van der Waals surface area contributed by atoms with E-state index in [-0.39, 0.29) is 17.4 Å². The van der Waals surface area contributed by atoms with Crippen molar-refractivity contribution in [3.63, 3.8) is 0 Å². The van der Waals surface area contributed by atoms with Gasteiger partial charge in [-0.3, -0.25) is 0 Å². The third kappa shape index (κ3) is 6.15. The number of hydrogen-bond donors (Lipinski definition) is 0. The number of sulfone groups is 1. The van der Waals surface area contributed by atoms with E-state index >= 15 is 0 Å². The Balaban J connectivity index is 1.75. The van der Waals surface area contributed by atoms with E-state index in [0.717, 1.165) is 23.8 Å². The van der Waals surface area contributed by atoms with Gasteiger partial charge in [-0.25, -0.2) is 13.4 Å². The molecule has 0 aliphatic heterocycles. The number of oxazole rings is 1. The first kappa shape index (κ1) is 25.7. The monoisotopic (exact) mass is 531 g/mol. The summed E-state index contributed by atoms with van der Waals surface area (Å²) in [6.07, 6.45) is 2.86. The van der Waals surface area contributed by atoms with Crippen LogP contribution in [-0.2, 0) is 21.9 Å². The Bertz CT molecular complexity index is 1180. The fraction of sp³-hybridized carbons (Fsp3) is 0.348. The summed E-state index contributed by atoms with van der Waals surface area (Å²) in [5.74, 6) is 1.66. The minimum absolute atomic E-state index is 0.0540. The average Bonchev–Trinajstić information content (AvgIpc) is 3.24. The van der Waals surface area contributed by atoms with Crippen LogP contribution in [0.15, 0.2) is 52.2 Å². The van der Waals surface area contributed by atoms with Gasteiger partial charge in [0.05, 0.1) is 16.7 Å². The van der Waals surface area contributed by atoms with Crippen LogP contribution < -0.4 is 9.47 Å². The van der Waals surface area contributed by atoms with Crippen molar-refractivity contribution in [2.75, 3.05) is 18.7 Å². The molecule has 3 aromatic rings. The van der Waals surface area contributed by atoms with Gasteiger partial charge >= 0.3 is 0 Å². The molecule has 33 heavy (non-hydrogen) atoms. The summed E-state index contributed by atoms with van der Waals surface area (Å²) in [4.78, 5) is 3.75. The number of hydrogen-bond acceptors (Lipinski definition) is 6. The van der Waals surface area contributed by atoms with E-state index in [1.54, 1.807) is 12.1 Å². The summed E-state index contributed by atoms with van der Waals surface area (Å²) in [5, 5.41) is 0.756. The van der Waals surface area contributed by atoms with Gasteiger partial charge in [-0.05, 0) is 41.8 Å². The van der Waals surface area contributed by atoms with E-state index in [2.05, 4.69) is 18.8 Å². The topological polar surface area (TPSA) is 78.6 Å². The molecule has 2 aromatic carbocycles. The van der Waals surface area contributed by atoms with Gasteiger partial charge in [-0.1, -0.05) is 49.2 Å². The predicted octanol–water partition coefficient (Wildman–Crippen LogP) is 6.30. The van der Waals surface area contributed by atoms with E-state index in [1.165, 1.54) is 0 Å². The minimum Gasteiger partial charge on any atom is -0.490 e. The number of alkyl halides is 1. The lowest BCUT2D eigenvalue weighted by atomic mass is 9.78. The second kappa shape index (κ2) is 10.6. The maximum Gasteiger partial charge on any atom is 0.200 e. The quantitative estimate of drug-likeness (QED) is 0.225. The van der Waals surface area contributed by atoms with E-state index in [1.807, 2.05) is 24.3 Å². The molecular weight excluding hydrogens is 509 g/mol. The Kier molecular flexibility index (Phi) is 8.22. The highest BCUT2D eigenvalue weighted by Gasteiger charge is 2.26. The largest absolute Gasteiger partial charge is 0.490 e. The number of ether oxygens (including phenoxy) is 2. The number of halogens is 3. The van der Waals surface area contributed by atoms with Crippen LogP contribution in [0.2, 0.25) is 10.0 Å². The van der Waals surface area contributed by atoms with Crippen LogP contribution in [0.4, 0.5) is 0 Å². The highest BCUT2D eigenvalue weighted by molar-refractivity contribution is 7.90. The van der Waals surface area contributed by atoms with Crippen LogP contribution in [0.25, 0.3) is 0 Å². The van der Waals surface area contributed by atoms with Crippen molar-refractivity contribution in [3.05, 3.63) is 69.7 Å². The fourth-order valence-electron chi connectivity index (χ4n) is 3.23. The molecule has 0 unspecified atom stereocenters. The number of nitrogens with zero attached hydrogens (tertiary/aromatic N) is 1. The second-order valence-electron chi connectivity index (χ2n) is 7.95. The van der Waals surface area contributed by atoms with Gasteiger partial charge in [-0.15, -0.1) is 11.6 Å². The molecule has 0 saturated carbocycles. The van der Waals surface area contributed by atoms with E-state index in [0.29, 0.717) is 40.5 Å². The van der Waals surface area contributed by atoms with E-state index < -0.39 is 15.3 Å². The van der Waals surface area contributed by atoms with Crippen LogP contribution >= 0.6 is 34.8 Å². The Morgan fingerprint density at radius 2 is 1.67 bits per heavy atom. The molecule has 0 aliphatic carbocycles. The first-order valence-corrected chi connectivity index (χ1v) is 13.3. The number of aromatic nitrogens is 1. The number of benzene rings is 2. The first-order valence-electron chi connectivity index (χ1n) is 10.1. The summed E-state index contributed by atoms with van der Waals surface area (Å²) in [6.45, 7) is 4.51. The maximum absolute atomic E-state index is 11.7. The molecule has 0 bridgehead atoms. The van der Waals surface area contributed by atoms with Crippen molar-refractivity contribution in [2.45, 2.75) is 37.3 Å². The Morgan fingerprint density at radius 3 is 2.24 bits per heavy atom. The third-order valence-corrected chi connectivity index (χ3v) is 7.01. The average molecular weight is 533 g/mol. The van der Waals surface area contributed by atoms with Crippen LogP contribution in [0.5, 0.6) is 11.5 Å². The lowest BCUT2D eigenvalue weighted by Crippen LogP contribution is -2.19. The zero-order valence-electron chi connectivity index (χ0n) is 18.4. The third-order valence-electron chi connectivity index (χ3n) is 5.14. The molecule has 0 saturated heterocycles. The van der Waals surface area contributed by atoms with Crippen LogP contribution in [0.3, 0.4) is 0 Å². The van der Waals surface area contributed by atoms with Gasteiger partial charge in [0.2, 0.25) is 0 Å². The van der Waals surface area contributed by atoms with Crippen molar-refractivity contribution >= 4 is 44.6 Å². The van der Waals surface area contributed by atoms with Crippen molar-refractivity contribution in [3.8, 4) is 11.5 Å². The van der Waals surface area contributed by atoms with Gasteiger partial charge in [-0.2, -0.15) is 0 Å². The summed E-state index contributed by atoms with van der Waals surface area (Å²) in [7, 11) is -3.49. The van der Waals surface area contributed by atoms with Crippen LogP contribution in [0, 0.1) is 0 Å². The molecule has 0 N–H and O–H groups in total. The zero-order chi connectivity index (χ0) is 24.2. The molecule has 0 radical (unpaired) electrons. The zero-order valence-corrected chi connectivity index (χ0v) is 21.5. The Morgan fingerprint density at radius 1 is 1.03 bits per heavy atom. The van der Waals surface area contributed by atoms with Crippen molar-refractivity contribution < 1.29 is 22.3 Å². The van der Waals surface area contributed by atoms with Gasteiger partial charge in [0, 0.05) is 17.6 Å². The normalized spacial score (nSPS) is 12.1. The predicted molar refractivity (Wildman–Crippen MR) is 130 cm³/mol. The maximum atomic E-state index is 11.7. The Hall–Kier alpha value is -1.93.